The molecule has 0 aromatic heterocycles. The Hall–Kier alpha value is -3.10. The summed E-state index contributed by atoms with van der Waals surface area (Å²) < 4.78 is 42.1. The van der Waals surface area contributed by atoms with Crippen molar-refractivity contribution in [1.29, 1.82) is 0 Å². The molecule has 0 bridgehead atoms. The highest BCUT2D eigenvalue weighted by Crippen LogP contribution is 2.24. The number of aryl methyl sites for hydroxylation is 1. The minimum atomic E-state index is -0.663. The Bertz CT molecular complexity index is 1110. The zero-order chi connectivity index (χ0) is 21.5. The molecule has 0 fully saturated rings. The molecule has 0 saturated carbocycles. The van der Waals surface area contributed by atoms with Crippen molar-refractivity contribution in [1.82, 2.24) is 0 Å². The zero-order valence-corrected chi connectivity index (χ0v) is 17.0. The molecule has 0 atom stereocenters. The predicted octanol–water partition coefficient (Wildman–Crippen LogP) is 7.92. The second-order valence-electron chi connectivity index (χ2n) is 6.63. The van der Waals surface area contributed by atoms with Gasteiger partial charge in [0.15, 0.2) is 5.82 Å². The third kappa shape index (κ3) is 5.71. The van der Waals surface area contributed by atoms with Crippen LogP contribution in [0, 0.1) is 29.3 Å². The third-order valence-corrected chi connectivity index (χ3v) is 4.54. The molecule has 152 valence electrons. The van der Waals surface area contributed by atoms with Crippen LogP contribution in [0.4, 0.5) is 24.5 Å². The van der Waals surface area contributed by atoms with Crippen LogP contribution in [0.25, 0.3) is 0 Å². The summed E-state index contributed by atoms with van der Waals surface area (Å²) >= 11 is 5.70. The summed E-state index contributed by atoms with van der Waals surface area (Å²) in [6.45, 7) is 2.02. The molecule has 0 N–H and O–H groups in total. The number of hydrogen-bond acceptors (Lipinski definition) is 2. The summed E-state index contributed by atoms with van der Waals surface area (Å²) in [6, 6.07) is 13.3. The van der Waals surface area contributed by atoms with Crippen molar-refractivity contribution >= 4 is 23.0 Å². The number of benzene rings is 3. The van der Waals surface area contributed by atoms with Gasteiger partial charge in [-0.25, -0.2) is 13.2 Å². The van der Waals surface area contributed by atoms with Crippen molar-refractivity contribution in [2.75, 3.05) is 0 Å². The number of halogens is 4. The standard InChI is InChI=1S/C24H18ClF3N2/c1-2-3-4-17-13-21(26)20(22(27)14-17)11-7-16-5-9-19(10-6-16)29-30-24-12-8-18(25)15-23(24)28/h5-6,8-10,12-15H,2-4H2,1H3. The lowest BCUT2D eigenvalue weighted by Crippen LogP contribution is -1.95. The Morgan fingerprint density at radius 3 is 2.17 bits per heavy atom. The van der Waals surface area contributed by atoms with E-state index in [0.717, 1.165) is 18.9 Å². The fourth-order valence-corrected chi connectivity index (χ4v) is 2.85. The Kier molecular flexibility index (Phi) is 7.26. The van der Waals surface area contributed by atoms with E-state index in [4.69, 9.17) is 11.6 Å². The van der Waals surface area contributed by atoms with Crippen LogP contribution in [0.1, 0.15) is 36.5 Å². The lowest BCUT2D eigenvalue weighted by atomic mass is 10.0. The van der Waals surface area contributed by atoms with Crippen molar-refractivity contribution < 1.29 is 13.2 Å². The summed E-state index contributed by atoms with van der Waals surface area (Å²) in [5.74, 6) is 3.40. The molecule has 3 rings (SSSR count). The number of unbranched alkanes of at least 4 members (excludes halogenated alkanes) is 1. The first kappa shape index (κ1) is 21.6. The maximum absolute atomic E-state index is 14.2. The first-order valence-electron chi connectivity index (χ1n) is 9.43. The van der Waals surface area contributed by atoms with Crippen molar-refractivity contribution in [2.45, 2.75) is 26.2 Å². The van der Waals surface area contributed by atoms with Gasteiger partial charge in [-0.1, -0.05) is 36.8 Å². The van der Waals surface area contributed by atoms with E-state index in [9.17, 15) is 13.2 Å². The largest absolute Gasteiger partial charge is 0.206 e. The predicted molar refractivity (Wildman–Crippen MR) is 113 cm³/mol. The number of nitrogens with zero attached hydrogens (tertiary/aromatic N) is 2. The van der Waals surface area contributed by atoms with Crippen LogP contribution in [-0.2, 0) is 6.42 Å². The fourth-order valence-electron chi connectivity index (χ4n) is 2.69. The Morgan fingerprint density at radius 2 is 1.53 bits per heavy atom. The van der Waals surface area contributed by atoms with Gasteiger partial charge in [0.1, 0.15) is 17.3 Å². The minimum Gasteiger partial charge on any atom is -0.206 e. The Morgan fingerprint density at radius 1 is 0.833 bits per heavy atom. The lowest BCUT2D eigenvalue weighted by molar-refractivity contribution is 0.572. The highest BCUT2D eigenvalue weighted by Gasteiger charge is 2.09. The summed E-state index contributed by atoms with van der Waals surface area (Å²) in [7, 11) is 0. The van der Waals surface area contributed by atoms with Gasteiger partial charge in [-0.3, -0.25) is 0 Å². The van der Waals surface area contributed by atoms with Crippen LogP contribution in [0.3, 0.4) is 0 Å². The van der Waals surface area contributed by atoms with Crippen molar-refractivity contribution in [3.8, 4) is 11.8 Å². The first-order chi connectivity index (χ1) is 14.5. The smallest absolute Gasteiger partial charge is 0.152 e. The molecule has 0 radical (unpaired) electrons. The van der Waals surface area contributed by atoms with Crippen molar-refractivity contribution in [2.24, 2.45) is 10.2 Å². The molecule has 0 heterocycles. The first-order valence-corrected chi connectivity index (χ1v) is 9.81. The van der Waals surface area contributed by atoms with E-state index in [1.165, 1.54) is 24.3 Å². The van der Waals surface area contributed by atoms with Gasteiger partial charge in [-0.2, -0.15) is 5.11 Å². The van der Waals surface area contributed by atoms with E-state index >= 15 is 0 Å². The second kappa shape index (κ2) is 10.1. The molecule has 0 saturated heterocycles. The molecule has 2 nitrogen and oxygen atoms in total. The maximum Gasteiger partial charge on any atom is 0.152 e. The summed E-state index contributed by atoms with van der Waals surface area (Å²) in [4.78, 5) is 0. The van der Waals surface area contributed by atoms with Gasteiger partial charge in [-0.05, 0) is 73.0 Å². The van der Waals surface area contributed by atoms with Crippen molar-refractivity contribution in [3.63, 3.8) is 0 Å². The lowest BCUT2D eigenvalue weighted by Gasteiger charge is -2.03. The second-order valence-corrected chi connectivity index (χ2v) is 7.07. The summed E-state index contributed by atoms with van der Waals surface area (Å²) in [5.41, 5.74) is 1.48. The molecule has 30 heavy (non-hydrogen) atoms. The molecular formula is C24H18ClF3N2. The molecule has 0 amide bonds. The van der Waals surface area contributed by atoms with Gasteiger partial charge in [0.05, 0.1) is 11.3 Å². The van der Waals surface area contributed by atoms with E-state index in [-0.39, 0.29) is 16.3 Å². The molecule has 3 aromatic rings. The number of rotatable bonds is 5. The molecule has 0 spiro atoms. The van der Waals surface area contributed by atoms with Crippen LogP contribution in [0.2, 0.25) is 5.02 Å². The summed E-state index contributed by atoms with van der Waals surface area (Å²) in [6.07, 6.45) is 2.46. The van der Waals surface area contributed by atoms with Crippen LogP contribution in [0.15, 0.2) is 64.8 Å². The van der Waals surface area contributed by atoms with Gasteiger partial charge in [0.25, 0.3) is 0 Å². The average Bonchev–Trinajstić information content (AvgIpc) is 2.72. The van der Waals surface area contributed by atoms with Gasteiger partial charge >= 0.3 is 0 Å². The third-order valence-electron chi connectivity index (χ3n) is 4.30. The van der Waals surface area contributed by atoms with Crippen LogP contribution >= 0.6 is 11.6 Å². The van der Waals surface area contributed by atoms with Gasteiger partial charge in [0, 0.05) is 10.6 Å². The fraction of sp³-hybridized carbons (Fsp3) is 0.167. The van der Waals surface area contributed by atoms with Gasteiger partial charge in [0.2, 0.25) is 0 Å². The number of azo groups is 1. The van der Waals surface area contributed by atoms with Crippen LogP contribution in [-0.4, -0.2) is 0 Å². The monoisotopic (exact) mass is 426 g/mol. The summed E-state index contributed by atoms with van der Waals surface area (Å²) in [5, 5.41) is 8.09. The quantitative estimate of drug-likeness (QED) is 0.292. The maximum atomic E-state index is 14.2. The topological polar surface area (TPSA) is 24.7 Å². The van der Waals surface area contributed by atoms with E-state index in [1.807, 2.05) is 6.92 Å². The van der Waals surface area contributed by atoms with E-state index < -0.39 is 17.5 Å². The van der Waals surface area contributed by atoms with E-state index in [1.54, 1.807) is 24.3 Å². The molecule has 0 aliphatic heterocycles. The normalized spacial score (nSPS) is 10.8. The molecule has 0 aliphatic carbocycles. The molecule has 3 aromatic carbocycles. The Balaban J connectivity index is 1.74. The number of hydrogen-bond donors (Lipinski definition) is 0. The molecular weight excluding hydrogens is 409 g/mol. The SMILES string of the molecule is CCCCc1cc(F)c(C#Cc2ccc(N=Nc3ccc(Cl)cc3F)cc2)c(F)c1. The van der Waals surface area contributed by atoms with Crippen LogP contribution < -0.4 is 0 Å². The van der Waals surface area contributed by atoms with Crippen LogP contribution in [0.5, 0.6) is 0 Å². The molecule has 6 heteroatoms. The van der Waals surface area contributed by atoms with Crippen molar-refractivity contribution in [3.05, 3.63) is 93.8 Å². The molecule has 0 aliphatic rings. The molecule has 0 unspecified atom stereocenters. The average molecular weight is 427 g/mol. The highest BCUT2D eigenvalue weighted by atomic mass is 35.5. The van der Waals surface area contributed by atoms with Gasteiger partial charge in [-0.15, -0.1) is 5.11 Å². The Labute approximate surface area is 178 Å². The van der Waals surface area contributed by atoms with Gasteiger partial charge < -0.3 is 0 Å². The van der Waals surface area contributed by atoms with E-state index in [2.05, 4.69) is 22.1 Å². The highest BCUT2D eigenvalue weighted by molar-refractivity contribution is 6.30. The minimum absolute atomic E-state index is 0.0663. The zero-order valence-electron chi connectivity index (χ0n) is 16.2. The van der Waals surface area contributed by atoms with E-state index in [0.29, 0.717) is 23.2 Å².